The van der Waals surface area contributed by atoms with Crippen molar-refractivity contribution < 1.29 is 9.84 Å². The zero-order valence-corrected chi connectivity index (χ0v) is 10.4. The molecule has 3 nitrogen and oxygen atoms in total. The number of hydrogen-bond acceptors (Lipinski definition) is 3. The predicted octanol–water partition coefficient (Wildman–Crippen LogP) is 2.43. The minimum Gasteiger partial charge on any atom is -0.495 e. The molecule has 0 fully saturated rings. The predicted molar refractivity (Wildman–Crippen MR) is 67.1 cm³/mol. The SMILES string of the molecule is COc1ccc(C)cc1NC(CO)C(C)C. The van der Waals surface area contributed by atoms with Crippen LogP contribution in [-0.2, 0) is 0 Å². The van der Waals surface area contributed by atoms with Gasteiger partial charge in [0.05, 0.1) is 25.4 Å². The summed E-state index contributed by atoms with van der Waals surface area (Å²) in [6, 6.07) is 6.03. The number of aryl methyl sites for hydroxylation is 1. The fraction of sp³-hybridized carbons (Fsp3) is 0.538. The van der Waals surface area contributed by atoms with Crippen molar-refractivity contribution in [2.24, 2.45) is 5.92 Å². The van der Waals surface area contributed by atoms with E-state index >= 15 is 0 Å². The number of nitrogens with one attached hydrogen (secondary N) is 1. The topological polar surface area (TPSA) is 41.5 Å². The highest BCUT2D eigenvalue weighted by Gasteiger charge is 2.13. The molecule has 0 heterocycles. The van der Waals surface area contributed by atoms with Gasteiger partial charge in [0.2, 0.25) is 0 Å². The Balaban J connectivity index is 2.89. The number of anilines is 1. The van der Waals surface area contributed by atoms with Crippen molar-refractivity contribution in [2.45, 2.75) is 26.8 Å². The van der Waals surface area contributed by atoms with Crippen LogP contribution in [0.2, 0.25) is 0 Å². The molecule has 1 aromatic carbocycles. The smallest absolute Gasteiger partial charge is 0.141 e. The molecular formula is C13H21NO2. The van der Waals surface area contributed by atoms with E-state index in [1.54, 1.807) is 7.11 Å². The summed E-state index contributed by atoms with van der Waals surface area (Å²) in [6.07, 6.45) is 0. The molecule has 16 heavy (non-hydrogen) atoms. The summed E-state index contributed by atoms with van der Waals surface area (Å²) in [7, 11) is 1.65. The second kappa shape index (κ2) is 5.75. The Bertz CT molecular complexity index is 337. The molecule has 0 saturated carbocycles. The number of aliphatic hydroxyl groups excluding tert-OH is 1. The van der Waals surface area contributed by atoms with Gasteiger partial charge in [-0.15, -0.1) is 0 Å². The molecule has 90 valence electrons. The van der Waals surface area contributed by atoms with E-state index in [-0.39, 0.29) is 12.6 Å². The van der Waals surface area contributed by atoms with Gasteiger partial charge in [-0.05, 0) is 30.5 Å². The molecule has 0 amide bonds. The van der Waals surface area contributed by atoms with Crippen LogP contribution in [0.1, 0.15) is 19.4 Å². The van der Waals surface area contributed by atoms with Crippen LogP contribution in [0.3, 0.4) is 0 Å². The summed E-state index contributed by atoms with van der Waals surface area (Å²) in [5, 5.41) is 12.6. The van der Waals surface area contributed by atoms with E-state index in [0.29, 0.717) is 5.92 Å². The van der Waals surface area contributed by atoms with E-state index < -0.39 is 0 Å². The lowest BCUT2D eigenvalue weighted by atomic mass is 10.0. The van der Waals surface area contributed by atoms with Crippen LogP contribution in [-0.4, -0.2) is 24.9 Å². The van der Waals surface area contributed by atoms with Crippen molar-refractivity contribution in [1.82, 2.24) is 0 Å². The van der Waals surface area contributed by atoms with Gasteiger partial charge in [-0.25, -0.2) is 0 Å². The third kappa shape index (κ3) is 3.14. The highest BCUT2D eigenvalue weighted by molar-refractivity contribution is 5.58. The van der Waals surface area contributed by atoms with Crippen LogP contribution in [0.25, 0.3) is 0 Å². The van der Waals surface area contributed by atoms with Crippen LogP contribution < -0.4 is 10.1 Å². The number of rotatable bonds is 5. The fourth-order valence-electron chi connectivity index (χ4n) is 1.56. The first-order valence-corrected chi connectivity index (χ1v) is 5.60. The molecule has 0 bridgehead atoms. The molecule has 1 aromatic rings. The van der Waals surface area contributed by atoms with Crippen LogP contribution in [0.5, 0.6) is 5.75 Å². The fourth-order valence-corrected chi connectivity index (χ4v) is 1.56. The molecule has 0 aliphatic heterocycles. The van der Waals surface area contributed by atoms with Crippen LogP contribution in [0, 0.1) is 12.8 Å². The van der Waals surface area contributed by atoms with Gasteiger partial charge in [-0.3, -0.25) is 0 Å². The minimum absolute atomic E-state index is 0.0516. The Morgan fingerprint density at radius 2 is 2.06 bits per heavy atom. The van der Waals surface area contributed by atoms with Crippen molar-refractivity contribution in [3.63, 3.8) is 0 Å². The molecule has 0 aliphatic carbocycles. The number of methoxy groups -OCH3 is 1. The average Bonchev–Trinajstić information content (AvgIpc) is 2.25. The largest absolute Gasteiger partial charge is 0.495 e. The van der Waals surface area contributed by atoms with E-state index in [9.17, 15) is 5.11 Å². The molecule has 1 unspecified atom stereocenters. The Morgan fingerprint density at radius 3 is 2.56 bits per heavy atom. The van der Waals surface area contributed by atoms with Crippen molar-refractivity contribution in [1.29, 1.82) is 0 Å². The van der Waals surface area contributed by atoms with Crippen LogP contribution in [0.15, 0.2) is 18.2 Å². The van der Waals surface area contributed by atoms with E-state index in [0.717, 1.165) is 11.4 Å². The average molecular weight is 223 g/mol. The zero-order valence-electron chi connectivity index (χ0n) is 10.4. The van der Waals surface area contributed by atoms with Crippen molar-refractivity contribution in [3.8, 4) is 5.75 Å². The molecule has 0 spiro atoms. The van der Waals surface area contributed by atoms with E-state index in [2.05, 4.69) is 19.2 Å². The van der Waals surface area contributed by atoms with Crippen LogP contribution in [0.4, 0.5) is 5.69 Å². The Morgan fingerprint density at radius 1 is 1.38 bits per heavy atom. The summed E-state index contributed by atoms with van der Waals surface area (Å²) in [5.41, 5.74) is 2.11. The monoisotopic (exact) mass is 223 g/mol. The van der Waals surface area contributed by atoms with E-state index in [4.69, 9.17) is 4.74 Å². The molecule has 0 saturated heterocycles. The molecular weight excluding hydrogens is 202 g/mol. The maximum absolute atomic E-state index is 9.29. The number of aliphatic hydroxyl groups is 1. The maximum atomic E-state index is 9.29. The normalized spacial score (nSPS) is 12.6. The number of ether oxygens (including phenoxy) is 1. The third-order valence-corrected chi connectivity index (χ3v) is 2.70. The van der Waals surface area contributed by atoms with Gasteiger partial charge >= 0.3 is 0 Å². The van der Waals surface area contributed by atoms with E-state index in [1.165, 1.54) is 5.56 Å². The standard InChI is InChI=1S/C13H21NO2/c1-9(2)12(8-15)14-11-7-10(3)5-6-13(11)16-4/h5-7,9,12,14-15H,8H2,1-4H3. The van der Waals surface area contributed by atoms with Gasteiger partial charge in [-0.1, -0.05) is 19.9 Å². The first kappa shape index (κ1) is 12.8. The van der Waals surface area contributed by atoms with Gasteiger partial charge in [0.15, 0.2) is 0 Å². The highest BCUT2D eigenvalue weighted by atomic mass is 16.5. The molecule has 0 aliphatic rings. The molecule has 3 heteroatoms. The second-order valence-corrected chi connectivity index (χ2v) is 4.38. The quantitative estimate of drug-likeness (QED) is 0.805. The lowest BCUT2D eigenvalue weighted by Crippen LogP contribution is -2.29. The summed E-state index contributed by atoms with van der Waals surface area (Å²) < 4.78 is 5.28. The second-order valence-electron chi connectivity index (χ2n) is 4.38. The summed E-state index contributed by atoms with van der Waals surface area (Å²) in [5.74, 6) is 1.18. The van der Waals surface area contributed by atoms with E-state index in [1.807, 2.05) is 25.1 Å². The van der Waals surface area contributed by atoms with Crippen LogP contribution >= 0.6 is 0 Å². The number of hydrogen-bond donors (Lipinski definition) is 2. The molecule has 0 aromatic heterocycles. The van der Waals surface area contributed by atoms with Crippen molar-refractivity contribution in [3.05, 3.63) is 23.8 Å². The Kier molecular flexibility index (Phi) is 4.62. The van der Waals surface area contributed by atoms with Gasteiger partial charge in [0, 0.05) is 0 Å². The van der Waals surface area contributed by atoms with Gasteiger partial charge in [0.1, 0.15) is 5.75 Å². The summed E-state index contributed by atoms with van der Waals surface area (Å²) in [6.45, 7) is 6.31. The van der Waals surface area contributed by atoms with Gasteiger partial charge < -0.3 is 15.2 Å². The molecule has 1 rings (SSSR count). The minimum atomic E-state index is 0.0516. The number of benzene rings is 1. The Hall–Kier alpha value is -1.22. The summed E-state index contributed by atoms with van der Waals surface area (Å²) >= 11 is 0. The third-order valence-electron chi connectivity index (χ3n) is 2.70. The summed E-state index contributed by atoms with van der Waals surface area (Å²) in [4.78, 5) is 0. The highest BCUT2D eigenvalue weighted by Crippen LogP contribution is 2.26. The Labute approximate surface area is 97.4 Å². The van der Waals surface area contributed by atoms with Gasteiger partial charge in [-0.2, -0.15) is 0 Å². The maximum Gasteiger partial charge on any atom is 0.141 e. The first-order valence-electron chi connectivity index (χ1n) is 5.60. The van der Waals surface area contributed by atoms with Crippen molar-refractivity contribution in [2.75, 3.05) is 19.0 Å². The molecule has 1 atom stereocenters. The molecule has 0 radical (unpaired) electrons. The lowest BCUT2D eigenvalue weighted by Gasteiger charge is -2.22. The zero-order chi connectivity index (χ0) is 12.1. The molecule has 2 N–H and O–H groups in total. The lowest BCUT2D eigenvalue weighted by molar-refractivity contribution is 0.249. The van der Waals surface area contributed by atoms with Gasteiger partial charge in [0.25, 0.3) is 0 Å². The first-order chi connectivity index (χ1) is 7.58. The van der Waals surface area contributed by atoms with Crippen molar-refractivity contribution >= 4 is 5.69 Å².